The second-order valence-corrected chi connectivity index (χ2v) is 6.61. The van der Waals surface area contributed by atoms with Crippen LogP contribution in [0.1, 0.15) is 51.0 Å². The molecule has 1 aliphatic rings. The number of halogens is 1. The molecule has 3 heteroatoms. The molecule has 0 radical (unpaired) electrons. The lowest BCUT2D eigenvalue weighted by Crippen LogP contribution is -2.42. The Morgan fingerprint density at radius 1 is 1.40 bits per heavy atom. The van der Waals surface area contributed by atoms with Crippen molar-refractivity contribution in [1.82, 2.24) is 4.90 Å². The molecule has 0 aliphatic carbocycles. The minimum absolute atomic E-state index is 0.205. The molecule has 2 rings (SSSR count). The molecule has 1 aromatic carbocycles. The molecule has 1 fully saturated rings. The van der Waals surface area contributed by atoms with Gasteiger partial charge in [0.1, 0.15) is 0 Å². The zero-order valence-electron chi connectivity index (χ0n) is 12.4. The molecule has 1 aliphatic heterocycles. The highest BCUT2D eigenvalue weighted by atomic mass is 79.9. The van der Waals surface area contributed by atoms with E-state index in [0.717, 1.165) is 36.8 Å². The number of carbonyl (C=O) groups is 1. The van der Waals surface area contributed by atoms with Crippen LogP contribution in [-0.2, 0) is 4.79 Å². The lowest BCUT2D eigenvalue weighted by atomic mass is 9.89. The fourth-order valence-electron chi connectivity index (χ4n) is 3.11. The van der Waals surface area contributed by atoms with Gasteiger partial charge in [0, 0.05) is 29.4 Å². The van der Waals surface area contributed by atoms with Crippen LogP contribution in [-0.4, -0.2) is 23.9 Å². The third kappa shape index (κ3) is 3.63. The van der Waals surface area contributed by atoms with Crippen molar-refractivity contribution in [3.8, 4) is 0 Å². The van der Waals surface area contributed by atoms with Gasteiger partial charge in [-0.05, 0) is 43.4 Å². The van der Waals surface area contributed by atoms with E-state index in [4.69, 9.17) is 0 Å². The predicted octanol–water partition coefficient (Wildman–Crippen LogP) is 4.59. The van der Waals surface area contributed by atoms with Gasteiger partial charge in [0.15, 0.2) is 0 Å². The van der Waals surface area contributed by atoms with E-state index in [9.17, 15) is 4.79 Å². The SMILES string of the molecule is CCC(CC)C(=O)N1CCCC(c2cccc(Br)c2)C1. The van der Waals surface area contributed by atoms with Crippen LogP contribution in [0.4, 0.5) is 0 Å². The molecule has 1 atom stereocenters. The minimum Gasteiger partial charge on any atom is -0.342 e. The minimum atomic E-state index is 0.205. The largest absolute Gasteiger partial charge is 0.342 e. The van der Waals surface area contributed by atoms with Gasteiger partial charge < -0.3 is 4.90 Å². The van der Waals surface area contributed by atoms with Crippen LogP contribution in [0, 0.1) is 5.92 Å². The molecule has 1 unspecified atom stereocenters. The maximum Gasteiger partial charge on any atom is 0.225 e. The molecule has 110 valence electrons. The second kappa shape index (κ2) is 7.26. The average Bonchev–Trinajstić information content (AvgIpc) is 2.48. The standard InChI is InChI=1S/C17H24BrNO/c1-3-13(4-2)17(20)19-10-6-8-15(12-19)14-7-5-9-16(18)11-14/h5,7,9,11,13,15H,3-4,6,8,10,12H2,1-2H3. The summed E-state index contributed by atoms with van der Waals surface area (Å²) in [6.07, 6.45) is 4.20. The number of carbonyl (C=O) groups excluding carboxylic acids is 1. The predicted molar refractivity (Wildman–Crippen MR) is 86.8 cm³/mol. The Labute approximate surface area is 130 Å². The molecule has 1 saturated heterocycles. The van der Waals surface area contributed by atoms with Gasteiger partial charge in [-0.2, -0.15) is 0 Å². The van der Waals surface area contributed by atoms with Gasteiger partial charge in [0.2, 0.25) is 5.91 Å². The fraction of sp³-hybridized carbons (Fsp3) is 0.588. The third-order valence-electron chi connectivity index (χ3n) is 4.39. The number of nitrogens with zero attached hydrogens (tertiary/aromatic N) is 1. The number of benzene rings is 1. The fourth-order valence-corrected chi connectivity index (χ4v) is 3.52. The topological polar surface area (TPSA) is 20.3 Å². The highest BCUT2D eigenvalue weighted by Gasteiger charge is 2.27. The summed E-state index contributed by atoms with van der Waals surface area (Å²) in [5.74, 6) is 1.05. The first-order chi connectivity index (χ1) is 9.65. The normalized spacial score (nSPS) is 19.4. The Kier molecular flexibility index (Phi) is 5.64. The average molecular weight is 338 g/mol. The van der Waals surface area contributed by atoms with Gasteiger partial charge in [0.05, 0.1) is 0 Å². The monoisotopic (exact) mass is 337 g/mol. The highest BCUT2D eigenvalue weighted by Crippen LogP contribution is 2.29. The lowest BCUT2D eigenvalue weighted by molar-refractivity contribution is -0.137. The number of piperidine rings is 1. The van der Waals surface area contributed by atoms with Crippen LogP contribution in [0.15, 0.2) is 28.7 Å². The first-order valence-electron chi connectivity index (χ1n) is 7.70. The van der Waals surface area contributed by atoms with E-state index in [1.807, 2.05) is 0 Å². The zero-order chi connectivity index (χ0) is 14.5. The van der Waals surface area contributed by atoms with Crippen molar-refractivity contribution in [2.24, 2.45) is 5.92 Å². The second-order valence-electron chi connectivity index (χ2n) is 5.69. The maximum absolute atomic E-state index is 12.5. The first kappa shape index (κ1) is 15.6. The van der Waals surface area contributed by atoms with Crippen LogP contribution in [0.25, 0.3) is 0 Å². The van der Waals surface area contributed by atoms with E-state index in [0.29, 0.717) is 11.8 Å². The molecular weight excluding hydrogens is 314 g/mol. The third-order valence-corrected chi connectivity index (χ3v) is 4.88. The Balaban J connectivity index is 2.07. The van der Waals surface area contributed by atoms with Gasteiger partial charge in [-0.25, -0.2) is 0 Å². The lowest BCUT2D eigenvalue weighted by Gasteiger charge is -2.35. The van der Waals surface area contributed by atoms with Crippen LogP contribution < -0.4 is 0 Å². The molecule has 0 aromatic heterocycles. The number of hydrogen-bond donors (Lipinski definition) is 0. The summed E-state index contributed by atoms with van der Waals surface area (Å²) >= 11 is 3.54. The van der Waals surface area contributed by atoms with Crippen molar-refractivity contribution in [1.29, 1.82) is 0 Å². The van der Waals surface area contributed by atoms with E-state index < -0.39 is 0 Å². The number of likely N-dealkylation sites (tertiary alicyclic amines) is 1. The summed E-state index contributed by atoms with van der Waals surface area (Å²) in [5, 5.41) is 0. The maximum atomic E-state index is 12.5. The van der Waals surface area contributed by atoms with Crippen LogP contribution >= 0.6 is 15.9 Å². The Hall–Kier alpha value is -0.830. The molecule has 0 saturated carbocycles. The van der Waals surface area contributed by atoms with E-state index >= 15 is 0 Å². The van der Waals surface area contributed by atoms with Gasteiger partial charge in [-0.15, -0.1) is 0 Å². The molecular formula is C17H24BrNO. The summed E-state index contributed by atoms with van der Waals surface area (Å²) in [6, 6.07) is 8.51. The van der Waals surface area contributed by atoms with Gasteiger partial charge in [-0.1, -0.05) is 41.9 Å². The van der Waals surface area contributed by atoms with Gasteiger partial charge in [0.25, 0.3) is 0 Å². The van der Waals surface area contributed by atoms with Crippen LogP contribution in [0.3, 0.4) is 0 Å². The molecule has 0 spiro atoms. The van der Waals surface area contributed by atoms with Crippen LogP contribution in [0.2, 0.25) is 0 Å². The van der Waals surface area contributed by atoms with Crippen LogP contribution in [0.5, 0.6) is 0 Å². The van der Waals surface area contributed by atoms with Crippen molar-refractivity contribution in [2.75, 3.05) is 13.1 Å². The Bertz CT molecular complexity index is 456. The molecule has 1 heterocycles. The molecule has 2 nitrogen and oxygen atoms in total. The zero-order valence-corrected chi connectivity index (χ0v) is 14.0. The smallest absolute Gasteiger partial charge is 0.225 e. The molecule has 20 heavy (non-hydrogen) atoms. The van der Waals surface area contributed by atoms with Gasteiger partial charge >= 0.3 is 0 Å². The van der Waals surface area contributed by atoms with Crippen molar-refractivity contribution in [3.63, 3.8) is 0 Å². The summed E-state index contributed by atoms with van der Waals surface area (Å²) < 4.78 is 1.12. The van der Waals surface area contributed by atoms with Gasteiger partial charge in [-0.3, -0.25) is 4.79 Å². The number of hydrogen-bond acceptors (Lipinski definition) is 1. The van der Waals surface area contributed by atoms with E-state index in [2.05, 4.69) is 58.9 Å². The summed E-state index contributed by atoms with van der Waals surface area (Å²) in [7, 11) is 0. The van der Waals surface area contributed by atoms with E-state index in [1.165, 1.54) is 12.0 Å². The van der Waals surface area contributed by atoms with Crippen molar-refractivity contribution >= 4 is 21.8 Å². The number of rotatable bonds is 4. The Morgan fingerprint density at radius 2 is 2.15 bits per heavy atom. The molecule has 1 amide bonds. The molecule has 0 bridgehead atoms. The van der Waals surface area contributed by atoms with E-state index in [1.54, 1.807) is 0 Å². The van der Waals surface area contributed by atoms with E-state index in [-0.39, 0.29) is 5.92 Å². The first-order valence-corrected chi connectivity index (χ1v) is 8.49. The Morgan fingerprint density at radius 3 is 2.80 bits per heavy atom. The quantitative estimate of drug-likeness (QED) is 0.786. The van der Waals surface area contributed by atoms with Crippen molar-refractivity contribution in [3.05, 3.63) is 34.3 Å². The summed E-state index contributed by atoms with van der Waals surface area (Å²) in [4.78, 5) is 14.6. The summed E-state index contributed by atoms with van der Waals surface area (Å²) in [5.41, 5.74) is 1.35. The van der Waals surface area contributed by atoms with Crippen molar-refractivity contribution in [2.45, 2.75) is 45.4 Å². The number of amides is 1. The highest BCUT2D eigenvalue weighted by molar-refractivity contribution is 9.10. The van der Waals surface area contributed by atoms with Crippen molar-refractivity contribution < 1.29 is 4.79 Å². The molecule has 1 aromatic rings. The molecule has 0 N–H and O–H groups in total. The summed E-state index contributed by atoms with van der Waals surface area (Å²) in [6.45, 7) is 6.04.